The minimum Gasteiger partial charge on any atom is -0.457 e. The Bertz CT molecular complexity index is 6980. The van der Waals surface area contributed by atoms with Gasteiger partial charge in [0.05, 0.1) is 0 Å². The van der Waals surface area contributed by atoms with Crippen molar-refractivity contribution >= 4 is 0 Å². The molecule has 0 heterocycles. The molecule has 0 aliphatic carbocycles. The summed E-state index contributed by atoms with van der Waals surface area (Å²) in [6.45, 7) is 38.6. The van der Waals surface area contributed by atoms with E-state index in [4.69, 9.17) is 75.8 Å². The Kier molecular flexibility index (Phi) is 27.3. The first-order chi connectivity index (χ1) is 65.7. The molecule has 0 atom stereocenters. The second-order valence-electron chi connectivity index (χ2n) is 36.0. The Balaban J connectivity index is 0.808. The molecule has 0 N–H and O–H groups in total. The largest absolute Gasteiger partial charge is 0.457 e. The van der Waals surface area contributed by atoms with Crippen molar-refractivity contribution in [1.29, 1.82) is 0 Å². The van der Waals surface area contributed by atoms with Gasteiger partial charge in [0.1, 0.15) is 184 Å². The van der Waals surface area contributed by atoms with E-state index in [1.165, 1.54) is 0 Å². The highest BCUT2D eigenvalue weighted by molar-refractivity contribution is 5.60. The summed E-state index contributed by atoms with van der Waals surface area (Å²) in [7, 11) is 0. The van der Waals surface area contributed by atoms with Crippen molar-refractivity contribution in [2.75, 3.05) is 0 Å². The predicted molar refractivity (Wildman–Crippen MR) is 541 cm³/mol. The molecule has 688 valence electrons. The maximum absolute atomic E-state index is 7.27. The van der Waals surface area contributed by atoms with Crippen LogP contribution in [0.25, 0.3) is 0 Å². The van der Waals surface area contributed by atoms with E-state index in [-0.39, 0.29) is 23.0 Å². The fourth-order valence-corrected chi connectivity index (χ4v) is 16.9. The van der Waals surface area contributed by atoms with Gasteiger partial charge >= 0.3 is 0 Å². The van der Waals surface area contributed by atoms with Gasteiger partial charge in [-0.2, -0.15) is 0 Å². The lowest BCUT2D eigenvalue weighted by Gasteiger charge is -2.18. The van der Waals surface area contributed by atoms with Gasteiger partial charge in [0.25, 0.3) is 0 Å². The molecule has 137 heavy (non-hydrogen) atoms. The number of hydrogen-bond acceptors (Lipinski definition) is 16. The topological polar surface area (TPSA) is 148 Å². The molecule has 0 aromatic heterocycles. The molecule has 0 aliphatic rings. The molecule has 16 nitrogen and oxygen atoms in total. The molecule has 17 aromatic rings. The van der Waals surface area contributed by atoms with Crippen LogP contribution in [0.15, 0.2) is 309 Å². The highest BCUT2D eigenvalue weighted by atomic mass is 16.5. The fraction of sp³-hybridized carbons (Fsp3) is 0.157. The zero-order valence-electron chi connectivity index (χ0n) is 80.5. The molecule has 17 aromatic carbocycles. The molecule has 0 fully saturated rings. The molecule has 0 saturated carbocycles. The van der Waals surface area contributed by atoms with Crippen LogP contribution in [0.3, 0.4) is 0 Å². The van der Waals surface area contributed by atoms with Crippen molar-refractivity contribution in [1.82, 2.24) is 0 Å². The summed E-state index contributed by atoms with van der Waals surface area (Å²) in [6.07, 6.45) is 0. The molecule has 0 spiro atoms. The number of benzene rings is 17. The van der Waals surface area contributed by atoms with Gasteiger partial charge in [-0.25, -0.2) is 0 Å². The summed E-state index contributed by atoms with van der Waals surface area (Å²) in [5, 5.41) is 0. The van der Waals surface area contributed by atoms with Crippen molar-refractivity contribution in [2.24, 2.45) is 0 Å². The van der Waals surface area contributed by atoms with E-state index in [1.54, 1.807) is 72.8 Å². The third-order valence-corrected chi connectivity index (χ3v) is 21.5. The third-order valence-electron chi connectivity index (χ3n) is 21.5. The standard InChI is InChI=1S/C121H108O16/c1-71-20-72(2)29-90(28-71)122-98-44-87(17)47-101(50-98)130-109-61-110(131-102-48-88(18)45-99(51-102)123-91-30-73(3)21-74(4)31-91)63-116(62-109)136-120-68-119(135-115-60-108(129-97-42-85(15)27-86(16)43-97)59-114(66-115)133-112-55-104(125-93-34-77(7)23-78(8)35-93)53-105(56-112)126-94-36-79(9)24-80(10)37-94)69-121(70-120)137-118-65-111(132-103-49-89(19)46-100(52-103)124-92-32-75(5)22-76(6)33-92)64-117(67-118)134-113-57-106(127-95-38-81(11)25-82(12)39-95)54-107(58-113)128-96-40-83(13)26-84(14)41-96/h20-70H,1-19H3. The summed E-state index contributed by atoms with van der Waals surface area (Å²) < 4.78 is 110. The quantitative estimate of drug-likeness (QED) is 0.0393. The first-order valence-electron chi connectivity index (χ1n) is 45.5. The predicted octanol–water partition coefficient (Wildman–Crippen LogP) is 36.2. The van der Waals surface area contributed by atoms with E-state index in [9.17, 15) is 0 Å². The number of ether oxygens (including phenoxy) is 16. The second kappa shape index (κ2) is 40.5. The molecule has 0 unspecified atom stereocenters. The van der Waals surface area contributed by atoms with Gasteiger partial charge in [-0.1, -0.05) is 48.5 Å². The van der Waals surface area contributed by atoms with E-state index in [1.807, 2.05) is 320 Å². The van der Waals surface area contributed by atoms with Gasteiger partial charge in [-0.15, -0.1) is 0 Å². The van der Waals surface area contributed by atoms with Crippen LogP contribution in [0, 0.1) is 132 Å². The SMILES string of the molecule is Cc1cc(C)cc(Oc2cc(C)cc(Oc3cc(Oc4cc(C)cc(Oc5cc(C)cc(C)c5)c4)cc(Oc4cc(Oc5cc(Oc6cc(C)cc(C)c6)cc(Oc6cc(Oc7cc(C)cc(C)c7)cc(Oc7cc(C)cc(C)c7)c6)c5)cc(Oc5cc(Oc6cc(C)cc(Oc7cc(C)cc(C)c7)c6)cc(Oc6cc(Oc7cc(C)cc(C)c7)cc(Oc7cc(C)cc(C)c7)c6)c5)c4)c3)c2)c1. The summed E-state index contributed by atoms with van der Waals surface area (Å²) >= 11 is 0. The van der Waals surface area contributed by atoms with Gasteiger partial charge in [-0.05, 0) is 371 Å². The van der Waals surface area contributed by atoms with Crippen LogP contribution in [0.4, 0.5) is 0 Å². The van der Waals surface area contributed by atoms with Crippen LogP contribution in [0.2, 0.25) is 0 Å². The van der Waals surface area contributed by atoms with Gasteiger partial charge in [-0.3, -0.25) is 0 Å². The second-order valence-corrected chi connectivity index (χ2v) is 36.0. The van der Waals surface area contributed by atoms with Crippen LogP contribution < -0.4 is 75.8 Å². The number of aryl methyl sites for hydroxylation is 19. The van der Waals surface area contributed by atoms with Crippen LogP contribution in [-0.4, -0.2) is 0 Å². The maximum atomic E-state index is 7.27. The molecule has 0 radical (unpaired) electrons. The zero-order valence-corrected chi connectivity index (χ0v) is 80.5. The average molecular weight is 1820 g/mol. The van der Waals surface area contributed by atoms with Crippen LogP contribution >= 0.6 is 0 Å². The van der Waals surface area contributed by atoms with Gasteiger partial charge in [0.15, 0.2) is 0 Å². The Hall–Kier alpha value is -16.5. The molecule has 0 bridgehead atoms. The van der Waals surface area contributed by atoms with Gasteiger partial charge in [0, 0.05) is 127 Å². The fourth-order valence-electron chi connectivity index (χ4n) is 16.9. The molecular formula is C121H108O16. The van der Waals surface area contributed by atoms with E-state index in [2.05, 4.69) is 48.5 Å². The zero-order chi connectivity index (χ0) is 95.8. The Morgan fingerprint density at radius 3 is 0.175 bits per heavy atom. The van der Waals surface area contributed by atoms with Gasteiger partial charge in [0.2, 0.25) is 0 Å². The minimum atomic E-state index is 0.236. The minimum absolute atomic E-state index is 0.236. The smallest absolute Gasteiger partial charge is 0.134 e. The Morgan fingerprint density at radius 2 is 0.109 bits per heavy atom. The lowest BCUT2D eigenvalue weighted by molar-refractivity contribution is 0.418. The molecule has 0 amide bonds. The molecule has 0 aliphatic heterocycles. The summed E-state index contributed by atoms with van der Waals surface area (Å²) in [6, 6.07) is 98.2. The van der Waals surface area contributed by atoms with Crippen molar-refractivity contribution in [3.8, 4) is 184 Å². The monoisotopic (exact) mass is 1820 g/mol. The van der Waals surface area contributed by atoms with E-state index >= 15 is 0 Å². The summed E-state index contributed by atoms with van der Waals surface area (Å²) in [5.41, 5.74) is 19.4. The third kappa shape index (κ3) is 26.1. The molecule has 16 heteroatoms. The van der Waals surface area contributed by atoms with Crippen molar-refractivity contribution in [2.45, 2.75) is 132 Å². The van der Waals surface area contributed by atoms with Crippen molar-refractivity contribution in [3.63, 3.8) is 0 Å². The number of hydrogen-bond donors (Lipinski definition) is 0. The first kappa shape index (κ1) is 92.4. The van der Waals surface area contributed by atoms with Gasteiger partial charge < -0.3 is 75.8 Å². The molecule has 17 rings (SSSR count). The van der Waals surface area contributed by atoms with E-state index < -0.39 is 0 Å². The molecule has 0 saturated heterocycles. The maximum Gasteiger partial charge on any atom is 0.134 e. The van der Waals surface area contributed by atoms with Crippen LogP contribution in [0.5, 0.6) is 184 Å². The van der Waals surface area contributed by atoms with Crippen molar-refractivity contribution in [3.05, 3.63) is 415 Å². The lowest BCUT2D eigenvalue weighted by Crippen LogP contribution is -1.95. The van der Waals surface area contributed by atoms with E-state index in [0.717, 1.165) is 106 Å². The Morgan fingerprint density at radius 1 is 0.0657 bits per heavy atom. The normalized spacial score (nSPS) is 11.0. The Labute approximate surface area is 801 Å². The van der Waals surface area contributed by atoms with Crippen molar-refractivity contribution < 1.29 is 75.8 Å². The van der Waals surface area contributed by atoms with E-state index in [0.29, 0.717) is 161 Å². The summed E-state index contributed by atoms with van der Waals surface area (Å²) in [5.74, 6) is 14.7. The lowest BCUT2D eigenvalue weighted by atomic mass is 10.1. The highest BCUT2D eigenvalue weighted by Crippen LogP contribution is 2.48. The van der Waals surface area contributed by atoms with Crippen LogP contribution in [0.1, 0.15) is 106 Å². The van der Waals surface area contributed by atoms with Crippen LogP contribution in [-0.2, 0) is 0 Å². The highest BCUT2D eigenvalue weighted by Gasteiger charge is 2.22. The summed E-state index contributed by atoms with van der Waals surface area (Å²) in [4.78, 5) is 0. The first-order valence-corrected chi connectivity index (χ1v) is 45.5. The average Bonchev–Trinajstić information content (AvgIpc) is 0.769. The molecular weight excluding hydrogens is 1710 g/mol. The number of rotatable bonds is 32.